The lowest BCUT2D eigenvalue weighted by Gasteiger charge is -2.34. The summed E-state index contributed by atoms with van der Waals surface area (Å²) < 4.78 is 0. The van der Waals surface area contributed by atoms with Gasteiger partial charge in [-0.3, -0.25) is 4.79 Å². The van der Waals surface area contributed by atoms with E-state index in [0.29, 0.717) is 6.42 Å². The number of hydrogen-bond donors (Lipinski definition) is 2. The van der Waals surface area contributed by atoms with E-state index in [4.69, 9.17) is 11.5 Å². The number of rotatable bonds is 7. The standard InChI is InChI=1S/C14H25N3O/c1-3-17(4-2)11-7-10-14(13(16)18)9-6-5-8-12(14)15/h5-6,8-9,12H,3-4,7,10-11,15H2,1-2H3,(H2,16,18). The molecule has 4 nitrogen and oxygen atoms in total. The van der Waals surface area contributed by atoms with Crippen molar-refractivity contribution in [2.24, 2.45) is 16.9 Å². The second-order valence-corrected chi connectivity index (χ2v) is 4.80. The van der Waals surface area contributed by atoms with Crippen molar-refractivity contribution in [1.29, 1.82) is 0 Å². The van der Waals surface area contributed by atoms with Gasteiger partial charge in [0.05, 0.1) is 5.41 Å². The fraction of sp³-hybridized carbons (Fsp3) is 0.643. The van der Waals surface area contributed by atoms with E-state index in [1.165, 1.54) is 0 Å². The molecule has 1 aliphatic rings. The molecule has 0 aromatic heterocycles. The first-order chi connectivity index (χ1) is 8.56. The minimum atomic E-state index is -0.706. The molecule has 0 spiro atoms. The third-order valence-corrected chi connectivity index (χ3v) is 3.84. The Morgan fingerprint density at radius 2 is 2.00 bits per heavy atom. The number of allylic oxidation sites excluding steroid dienone is 2. The molecular formula is C14H25N3O. The van der Waals surface area contributed by atoms with Crippen LogP contribution >= 0.6 is 0 Å². The van der Waals surface area contributed by atoms with Crippen LogP contribution in [-0.2, 0) is 4.79 Å². The molecule has 102 valence electrons. The summed E-state index contributed by atoms with van der Waals surface area (Å²) >= 11 is 0. The van der Waals surface area contributed by atoms with Gasteiger partial charge >= 0.3 is 0 Å². The van der Waals surface area contributed by atoms with Crippen LogP contribution in [0.1, 0.15) is 26.7 Å². The second-order valence-electron chi connectivity index (χ2n) is 4.80. The Hall–Kier alpha value is -1.13. The normalized spacial score (nSPS) is 26.8. The molecular weight excluding hydrogens is 226 g/mol. The van der Waals surface area contributed by atoms with Gasteiger partial charge in [-0.1, -0.05) is 38.2 Å². The Morgan fingerprint density at radius 3 is 2.50 bits per heavy atom. The highest BCUT2D eigenvalue weighted by Crippen LogP contribution is 2.32. The van der Waals surface area contributed by atoms with Crippen molar-refractivity contribution in [3.8, 4) is 0 Å². The van der Waals surface area contributed by atoms with Crippen molar-refractivity contribution in [3.63, 3.8) is 0 Å². The first kappa shape index (κ1) is 14.9. The van der Waals surface area contributed by atoms with Gasteiger partial charge in [-0.2, -0.15) is 0 Å². The van der Waals surface area contributed by atoms with E-state index in [1.807, 2.05) is 24.3 Å². The van der Waals surface area contributed by atoms with E-state index < -0.39 is 5.41 Å². The Kier molecular flexibility index (Phi) is 5.56. The number of amides is 1. The lowest BCUT2D eigenvalue weighted by atomic mass is 9.73. The second kappa shape index (κ2) is 6.71. The summed E-state index contributed by atoms with van der Waals surface area (Å²) in [6.07, 6.45) is 9.09. The molecule has 0 radical (unpaired) electrons. The van der Waals surface area contributed by atoms with Gasteiger partial charge in [-0.15, -0.1) is 0 Å². The Bertz CT molecular complexity index is 334. The third kappa shape index (κ3) is 3.21. The summed E-state index contributed by atoms with van der Waals surface area (Å²) in [4.78, 5) is 14.1. The van der Waals surface area contributed by atoms with Gasteiger partial charge < -0.3 is 16.4 Å². The number of primary amides is 1. The van der Waals surface area contributed by atoms with E-state index in [0.717, 1.165) is 26.1 Å². The summed E-state index contributed by atoms with van der Waals surface area (Å²) in [6.45, 7) is 7.32. The highest BCUT2D eigenvalue weighted by atomic mass is 16.1. The highest BCUT2D eigenvalue weighted by molar-refractivity contribution is 5.84. The molecule has 4 heteroatoms. The summed E-state index contributed by atoms with van der Waals surface area (Å²) in [6, 6.07) is -0.309. The van der Waals surface area contributed by atoms with Crippen molar-refractivity contribution < 1.29 is 4.79 Å². The fourth-order valence-electron chi connectivity index (χ4n) is 2.45. The number of nitrogens with zero attached hydrogens (tertiary/aromatic N) is 1. The number of hydrogen-bond acceptors (Lipinski definition) is 3. The van der Waals surface area contributed by atoms with Crippen molar-refractivity contribution in [3.05, 3.63) is 24.3 Å². The highest BCUT2D eigenvalue weighted by Gasteiger charge is 2.39. The first-order valence-corrected chi connectivity index (χ1v) is 6.70. The fourth-order valence-corrected chi connectivity index (χ4v) is 2.45. The lowest BCUT2D eigenvalue weighted by molar-refractivity contribution is -0.126. The average Bonchev–Trinajstić information content (AvgIpc) is 2.36. The molecule has 0 aliphatic heterocycles. The van der Waals surface area contributed by atoms with Gasteiger partial charge in [0.2, 0.25) is 5.91 Å². The molecule has 0 aromatic carbocycles. The molecule has 0 saturated heterocycles. The molecule has 0 heterocycles. The van der Waals surface area contributed by atoms with Gasteiger partial charge in [-0.05, 0) is 32.5 Å². The molecule has 1 aliphatic carbocycles. The SMILES string of the molecule is CCN(CC)CCCC1(C(N)=O)C=CC=CC1N. The molecule has 0 fully saturated rings. The monoisotopic (exact) mass is 251 g/mol. The van der Waals surface area contributed by atoms with E-state index in [-0.39, 0.29) is 11.9 Å². The van der Waals surface area contributed by atoms with Gasteiger partial charge in [0.1, 0.15) is 0 Å². The minimum absolute atomic E-state index is 0.309. The Labute approximate surface area is 110 Å². The van der Waals surface area contributed by atoms with E-state index >= 15 is 0 Å². The predicted octanol–water partition coefficient (Wildman–Crippen LogP) is 1.03. The van der Waals surface area contributed by atoms with Crippen LogP contribution in [0.2, 0.25) is 0 Å². The zero-order valence-corrected chi connectivity index (χ0v) is 11.4. The van der Waals surface area contributed by atoms with Crippen LogP contribution in [0.25, 0.3) is 0 Å². The van der Waals surface area contributed by atoms with Crippen LogP contribution in [0.5, 0.6) is 0 Å². The molecule has 2 unspecified atom stereocenters. The van der Waals surface area contributed by atoms with E-state index in [2.05, 4.69) is 18.7 Å². The maximum absolute atomic E-state index is 11.7. The predicted molar refractivity (Wildman–Crippen MR) is 74.9 cm³/mol. The molecule has 1 rings (SSSR count). The Balaban J connectivity index is 2.62. The van der Waals surface area contributed by atoms with Gasteiger partial charge in [0, 0.05) is 6.04 Å². The van der Waals surface area contributed by atoms with Crippen molar-refractivity contribution >= 4 is 5.91 Å². The lowest BCUT2D eigenvalue weighted by Crippen LogP contribution is -2.49. The van der Waals surface area contributed by atoms with Crippen LogP contribution in [0, 0.1) is 5.41 Å². The topological polar surface area (TPSA) is 72.3 Å². The largest absolute Gasteiger partial charge is 0.369 e. The van der Waals surface area contributed by atoms with Crippen LogP contribution in [0.15, 0.2) is 24.3 Å². The molecule has 0 bridgehead atoms. The van der Waals surface area contributed by atoms with Gasteiger partial charge in [0.15, 0.2) is 0 Å². The Morgan fingerprint density at radius 1 is 1.33 bits per heavy atom. The summed E-state index contributed by atoms with van der Waals surface area (Å²) in [5.74, 6) is -0.324. The van der Waals surface area contributed by atoms with Gasteiger partial charge in [-0.25, -0.2) is 0 Å². The van der Waals surface area contributed by atoms with E-state index in [9.17, 15) is 4.79 Å². The maximum Gasteiger partial charge on any atom is 0.229 e. The number of carbonyl (C=O) groups is 1. The smallest absolute Gasteiger partial charge is 0.229 e. The van der Waals surface area contributed by atoms with Gasteiger partial charge in [0.25, 0.3) is 0 Å². The summed E-state index contributed by atoms with van der Waals surface area (Å²) in [7, 11) is 0. The first-order valence-electron chi connectivity index (χ1n) is 6.70. The van der Waals surface area contributed by atoms with Crippen molar-refractivity contribution in [1.82, 2.24) is 4.90 Å². The van der Waals surface area contributed by atoms with Crippen LogP contribution in [-0.4, -0.2) is 36.5 Å². The van der Waals surface area contributed by atoms with Crippen LogP contribution < -0.4 is 11.5 Å². The zero-order chi connectivity index (χ0) is 13.6. The average molecular weight is 251 g/mol. The number of carbonyl (C=O) groups excluding carboxylic acids is 1. The van der Waals surface area contributed by atoms with Crippen molar-refractivity contribution in [2.45, 2.75) is 32.7 Å². The van der Waals surface area contributed by atoms with Crippen LogP contribution in [0.4, 0.5) is 0 Å². The molecule has 4 N–H and O–H groups in total. The summed E-state index contributed by atoms with van der Waals surface area (Å²) in [5, 5.41) is 0. The molecule has 0 saturated carbocycles. The molecule has 2 atom stereocenters. The van der Waals surface area contributed by atoms with Crippen molar-refractivity contribution in [2.75, 3.05) is 19.6 Å². The maximum atomic E-state index is 11.7. The number of nitrogens with two attached hydrogens (primary N) is 2. The summed E-state index contributed by atoms with van der Waals surface area (Å²) in [5.41, 5.74) is 10.9. The van der Waals surface area contributed by atoms with Crippen LogP contribution in [0.3, 0.4) is 0 Å². The zero-order valence-electron chi connectivity index (χ0n) is 11.4. The minimum Gasteiger partial charge on any atom is -0.369 e. The molecule has 0 aromatic rings. The quantitative estimate of drug-likeness (QED) is 0.710. The third-order valence-electron chi connectivity index (χ3n) is 3.84. The molecule has 18 heavy (non-hydrogen) atoms. The van der Waals surface area contributed by atoms with E-state index in [1.54, 1.807) is 0 Å². The molecule has 1 amide bonds.